The van der Waals surface area contributed by atoms with Crippen LogP contribution in [0.3, 0.4) is 0 Å². The van der Waals surface area contributed by atoms with E-state index < -0.39 is 0 Å². The molecule has 130 valence electrons. The van der Waals surface area contributed by atoms with Crippen LogP contribution >= 0.6 is 0 Å². The van der Waals surface area contributed by atoms with Gasteiger partial charge in [0.1, 0.15) is 23.0 Å². The summed E-state index contributed by atoms with van der Waals surface area (Å²) in [6, 6.07) is 4.96. The lowest BCUT2D eigenvalue weighted by atomic mass is 10.2. The SMILES string of the molecule is Cc1nc(C)c(C)c(N2CCN(c3nc4ccc(F)cc4o3)CC2)n1. The van der Waals surface area contributed by atoms with Crippen molar-refractivity contribution in [2.75, 3.05) is 36.0 Å². The van der Waals surface area contributed by atoms with E-state index in [9.17, 15) is 4.39 Å². The molecule has 3 aromatic rings. The minimum atomic E-state index is -0.315. The van der Waals surface area contributed by atoms with E-state index >= 15 is 0 Å². The number of hydrogen-bond donors (Lipinski definition) is 0. The maximum absolute atomic E-state index is 13.3. The predicted molar refractivity (Wildman–Crippen MR) is 94.6 cm³/mol. The van der Waals surface area contributed by atoms with Crippen LogP contribution in [0.1, 0.15) is 17.1 Å². The van der Waals surface area contributed by atoms with E-state index in [1.165, 1.54) is 12.1 Å². The van der Waals surface area contributed by atoms with Gasteiger partial charge in [0.25, 0.3) is 6.01 Å². The molecular weight excluding hydrogens is 321 g/mol. The van der Waals surface area contributed by atoms with Crippen molar-refractivity contribution in [2.24, 2.45) is 0 Å². The summed E-state index contributed by atoms with van der Waals surface area (Å²) in [6.45, 7) is 9.19. The third kappa shape index (κ3) is 2.90. The van der Waals surface area contributed by atoms with Crippen molar-refractivity contribution in [3.63, 3.8) is 0 Å². The van der Waals surface area contributed by atoms with Crippen molar-refractivity contribution in [3.05, 3.63) is 41.1 Å². The van der Waals surface area contributed by atoms with Gasteiger partial charge in [-0.1, -0.05) is 0 Å². The van der Waals surface area contributed by atoms with Crippen LogP contribution < -0.4 is 9.80 Å². The van der Waals surface area contributed by atoms with Crippen molar-refractivity contribution in [3.8, 4) is 0 Å². The van der Waals surface area contributed by atoms with Crippen molar-refractivity contribution in [1.82, 2.24) is 15.0 Å². The third-order valence-electron chi connectivity index (χ3n) is 4.66. The molecule has 1 aliphatic rings. The second kappa shape index (κ2) is 5.98. The highest BCUT2D eigenvalue weighted by atomic mass is 19.1. The van der Waals surface area contributed by atoms with Gasteiger partial charge in [-0.05, 0) is 32.9 Å². The Hall–Kier alpha value is -2.70. The molecule has 0 aliphatic carbocycles. The standard InChI is InChI=1S/C18H20FN5O/c1-11-12(2)20-13(3)21-17(11)23-6-8-24(9-7-23)18-22-15-5-4-14(19)10-16(15)25-18/h4-5,10H,6-9H2,1-3H3. The van der Waals surface area contributed by atoms with Crippen LogP contribution in [0.5, 0.6) is 0 Å². The highest BCUT2D eigenvalue weighted by molar-refractivity contribution is 5.74. The van der Waals surface area contributed by atoms with E-state index in [1.54, 1.807) is 6.07 Å². The van der Waals surface area contributed by atoms with Crippen LogP contribution in [0.4, 0.5) is 16.2 Å². The average molecular weight is 341 g/mol. The van der Waals surface area contributed by atoms with Gasteiger partial charge in [0, 0.05) is 43.5 Å². The van der Waals surface area contributed by atoms with Crippen molar-refractivity contribution in [2.45, 2.75) is 20.8 Å². The van der Waals surface area contributed by atoms with Gasteiger partial charge in [-0.15, -0.1) is 0 Å². The Kier molecular flexibility index (Phi) is 3.78. The van der Waals surface area contributed by atoms with Gasteiger partial charge in [-0.3, -0.25) is 0 Å². The van der Waals surface area contributed by atoms with Gasteiger partial charge in [0.15, 0.2) is 5.58 Å². The average Bonchev–Trinajstić information content (AvgIpc) is 3.01. The molecule has 2 aromatic heterocycles. The molecule has 1 aliphatic heterocycles. The molecule has 0 spiro atoms. The Bertz CT molecular complexity index is 931. The fraction of sp³-hybridized carbons (Fsp3) is 0.389. The van der Waals surface area contributed by atoms with Crippen molar-refractivity contribution < 1.29 is 8.81 Å². The van der Waals surface area contributed by atoms with E-state index in [1.807, 2.05) is 13.8 Å². The Morgan fingerprint density at radius 2 is 1.68 bits per heavy atom. The number of aromatic nitrogens is 3. The molecule has 7 heteroatoms. The number of aryl methyl sites for hydroxylation is 2. The van der Waals surface area contributed by atoms with Gasteiger partial charge >= 0.3 is 0 Å². The first-order chi connectivity index (χ1) is 12.0. The molecule has 0 radical (unpaired) electrons. The lowest BCUT2D eigenvalue weighted by Crippen LogP contribution is -2.47. The second-order valence-corrected chi connectivity index (χ2v) is 6.39. The minimum Gasteiger partial charge on any atom is -0.423 e. The van der Waals surface area contributed by atoms with Gasteiger partial charge in [0.2, 0.25) is 0 Å². The Balaban J connectivity index is 1.53. The van der Waals surface area contributed by atoms with Crippen molar-refractivity contribution >= 4 is 22.9 Å². The molecule has 0 N–H and O–H groups in total. The van der Waals surface area contributed by atoms with Crippen LogP contribution in [0.15, 0.2) is 22.6 Å². The van der Waals surface area contributed by atoms with E-state index in [0.717, 1.165) is 49.1 Å². The first-order valence-corrected chi connectivity index (χ1v) is 8.39. The minimum absolute atomic E-state index is 0.315. The van der Waals surface area contributed by atoms with Gasteiger partial charge in [0.05, 0.1) is 0 Å². The number of oxazole rings is 1. The predicted octanol–water partition coefficient (Wildman–Crippen LogP) is 3.01. The Morgan fingerprint density at radius 1 is 0.960 bits per heavy atom. The van der Waals surface area contributed by atoms with E-state index in [0.29, 0.717) is 17.1 Å². The van der Waals surface area contributed by atoms with E-state index in [-0.39, 0.29) is 5.82 Å². The maximum atomic E-state index is 13.3. The van der Waals surface area contributed by atoms with E-state index in [2.05, 4.69) is 31.7 Å². The summed E-state index contributed by atoms with van der Waals surface area (Å²) in [4.78, 5) is 17.9. The quantitative estimate of drug-likeness (QED) is 0.714. The van der Waals surface area contributed by atoms with E-state index in [4.69, 9.17) is 4.42 Å². The number of benzene rings is 1. The summed E-state index contributed by atoms with van der Waals surface area (Å²) in [5.41, 5.74) is 3.30. The highest BCUT2D eigenvalue weighted by Gasteiger charge is 2.23. The zero-order valence-electron chi connectivity index (χ0n) is 14.6. The molecule has 4 rings (SSSR count). The fourth-order valence-electron chi connectivity index (χ4n) is 3.19. The number of anilines is 2. The number of rotatable bonds is 2. The molecule has 6 nitrogen and oxygen atoms in total. The number of fused-ring (bicyclic) bond motifs is 1. The molecule has 0 unspecified atom stereocenters. The Morgan fingerprint density at radius 3 is 2.44 bits per heavy atom. The molecule has 0 bridgehead atoms. The van der Waals surface area contributed by atoms with Crippen LogP contribution in [0, 0.1) is 26.6 Å². The molecule has 25 heavy (non-hydrogen) atoms. The lowest BCUT2D eigenvalue weighted by Gasteiger charge is -2.35. The molecule has 1 fully saturated rings. The summed E-state index contributed by atoms with van der Waals surface area (Å²) in [6.07, 6.45) is 0. The smallest absolute Gasteiger partial charge is 0.298 e. The molecule has 0 amide bonds. The highest BCUT2D eigenvalue weighted by Crippen LogP contribution is 2.26. The summed E-state index contributed by atoms with van der Waals surface area (Å²) in [5, 5.41) is 0. The number of nitrogens with zero attached hydrogens (tertiary/aromatic N) is 5. The maximum Gasteiger partial charge on any atom is 0.298 e. The number of piperazine rings is 1. The molecule has 1 saturated heterocycles. The fourth-order valence-corrected chi connectivity index (χ4v) is 3.19. The first kappa shape index (κ1) is 15.8. The summed E-state index contributed by atoms with van der Waals surface area (Å²) in [7, 11) is 0. The monoisotopic (exact) mass is 341 g/mol. The molecular formula is C18H20FN5O. The lowest BCUT2D eigenvalue weighted by molar-refractivity contribution is 0.537. The van der Waals surface area contributed by atoms with Crippen LogP contribution in [0.2, 0.25) is 0 Å². The van der Waals surface area contributed by atoms with Crippen molar-refractivity contribution in [1.29, 1.82) is 0 Å². The molecule has 3 heterocycles. The van der Waals surface area contributed by atoms with Crippen LogP contribution in [0.25, 0.3) is 11.1 Å². The van der Waals surface area contributed by atoms with Crippen LogP contribution in [-0.4, -0.2) is 41.1 Å². The van der Waals surface area contributed by atoms with Crippen LogP contribution in [-0.2, 0) is 0 Å². The summed E-state index contributed by atoms with van der Waals surface area (Å²) >= 11 is 0. The summed E-state index contributed by atoms with van der Waals surface area (Å²) in [5.74, 6) is 1.48. The number of halogens is 1. The molecule has 1 aromatic carbocycles. The largest absolute Gasteiger partial charge is 0.423 e. The Labute approximate surface area is 145 Å². The summed E-state index contributed by atoms with van der Waals surface area (Å²) < 4.78 is 19.0. The zero-order chi connectivity index (χ0) is 17.6. The molecule has 0 saturated carbocycles. The number of hydrogen-bond acceptors (Lipinski definition) is 6. The zero-order valence-corrected chi connectivity index (χ0v) is 14.6. The third-order valence-corrected chi connectivity index (χ3v) is 4.66. The van der Waals surface area contributed by atoms with Gasteiger partial charge in [-0.25, -0.2) is 14.4 Å². The molecule has 0 atom stereocenters. The van der Waals surface area contributed by atoms with Gasteiger partial charge in [-0.2, -0.15) is 4.98 Å². The topological polar surface area (TPSA) is 58.3 Å². The second-order valence-electron chi connectivity index (χ2n) is 6.39. The first-order valence-electron chi connectivity index (χ1n) is 8.39. The normalized spacial score (nSPS) is 15.2. The van der Waals surface area contributed by atoms with Gasteiger partial charge < -0.3 is 14.2 Å².